The van der Waals surface area contributed by atoms with Crippen molar-refractivity contribution in [3.63, 3.8) is 0 Å². The Morgan fingerprint density at radius 3 is 2.64 bits per heavy atom. The SMILES string of the molecule is C[n+]1cccc([N+](=O)[O-])c1.[I-]. The zero-order valence-electron chi connectivity index (χ0n) is 5.90. The van der Waals surface area contributed by atoms with Gasteiger partial charge in [-0.15, -0.1) is 0 Å². The fraction of sp³-hybridized carbons (Fsp3) is 0.167. The van der Waals surface area contributed by atoms with Crippen LogP contribution in [0.1, 0.15) is 0 Å². The van der Waals surface area contributed by atoms with Crippen LogP contribution in [0.25, 0.3) is 0 Å². The van der Waals surface area contributed by atoms with E-state index >= 15 is 0 Å². The molecule has 0 bridgehead atoms. The minimum Gasteiger partial charge on any atom is -1.00 e. The average Bonchev–Trinajstić information content (AvgIpc) is 1.88. The van der Waals surface area contributed by atoms with Crippen LogP contribution in [-0.4, -0.2) is 4.92 Å². The van der Waals surface area contributed by atoms with E-state index in [2.05, 4.69) is 0 Å². The number of aromatic nitrogens is 1. The zero-order valence-corrected chi connectivity index (χ0v) is 8.06. The molecular formula is C6H7IN2O2. The fourth-order valence-electron chi connectivity index (χ4n) is 0.680. The first kappa shape index (κ1) is 10.3. The standard InChI is InChI=1S/C6H7N2O2.HI/c1-7-4-2-3-6(5-7)8(9)10;/h2-5H,1H3;1H/q+1;/p-1. The average molecular weight is 266 g/mol. The third kappa shape index (κ3) is 2.79. The van der Waals surface area contributed by atoms with E-state index in [4.69, 9.17) is 0 Å². The van der Waals surface area contributed by atoms with E-state index < -0.39 is 4.92 Å². The summed E-state index contributed by atoms with van der Waals surface area (Å²) >= 11 is 0. The molecule has 0 amide bonds. The highest BCUT2D eigenvalue weighted by atomic mass is 127. The molecule has 1 rings (SSSR count). The fourth-order valence-corrected chi connectivity index (χ4v) is 0.680. The minimum absolute atomic E-state index is 0. The lowest BCUT2D eigenvalue weighted by molar-refractivity contribution is -0.674. The summed E-state index contributed by atoms with van der Waals surface area (Å²) in [6.07, 6.45) is 3.20. The molecule has 0 atom stereocenters. The Labute approximate surface area is 81.0 Å². The van der Waals surface area contributed by atoms with Gasteiger partial charge in [-0.25, -0.2) is 4.57 Å². The van der Waals surface area contributed by atoms with Crippen molar-refractivity contribution in [2.75, 3.05) is 0 Å². The maximum absolute atomic E-state index is 10.1. The smallest absolute Gasteiger partial charge is 0.332 e. The summed E-state index contributed by atoms with van der Waals surface area (Å²) in [7, 11) is 1.74. The largest absolute Gasteiger partial charge is 1.00 e. The maximum atomic E-state index is 10.1. The van der Waals surface area contributed by atoms with Gasteiger partial charge in [0.05, 0.1) is 4.92 Å². The summed E-state index contributed by atoms with van der Waals surface area (Å²) < 4.78 is 1.64. The van der Waals surface area contributed by atoms with Gasteiger partial charge in [0.1, 0.15) is 7.05 Å². The lowest BCUT2D eigenvalue weighted by Crippen LogP contribution is -3.00. The van der Waals surface area contributed by atoms with Crippen LogP contribution in [0, 0.1) is 10.1 Å². The molecule has 0 N–H and O–H groups in total. The van der Waals surface area contributed by atoms with Gasteiger partial charge in [0, 0.05) is 12.1 Å². The Morgan fingerprint density at radius 2 is 2.27 bits per heavy atom. The van der Waals surface area contributed by atoms with Crippen LogP contribution in [0.15, 0.2) is 24.5 Å². The van der Waals surface area contributed by atoms with Crippen molar-refractivity contribution in [3.8, 4) is 0 Å². The van der Waals surface area contributed by atoms with Crippen LogP contribution in [0.4, 0.5) is 5.69 Å². The summed E-state index contributed by atoms with van der Waals surface area (Å²) in [6.45, 7) is 0. The van der Waals surface area contributed by atoms with Gasteiger partial charge in [-0.1, -0.05) is 0 Å². The van der Waals surface area contributed by atoms with Gasteiger partial charge in [0.15, 0.2) is 6.20 Å². The molecule has 0 saturated carbocycles. The molecule has 1 aromatic heterocycles. The van der Waals surface area contributed by atoms with Gasteiger partial charge in [0.25, 0.3) is 0 Å². The number of nitrogens with zero attached hydrogens (tertiary/aromatic N) is 2. The molecule has 0 unspecified atom stereocenters. The van der Waals surface area contributed by atoms with Gasteiger partial charge < -0.3 is 24.0 Å². The van der Waals surface area contributed by atoms with Crippen molar-refractivity contribution in [2.24, 2.45) is 7.05 Å². The summed E-state index contributed by atoms with van der Waals surface area (Å²) in [5, 5.41) is 10.1. The number of nitro groups is 1. The Kier molecular flexibility index (Phi) is 3.94. The molecule has 0 aliphatic heterocycles. The van der Waals surface area contributed by atoms with Crippen molar-refractivity contribution in [1.82, 2.24) is 0 Å². The molecular weight excluding hydrogens is 259 g/mol. The number of rotatable bonds is 1. The lowest BCUT2D eigenvalue weighted by atomic mass is 10.4. The van der Waals surface area contributed by atoms with Crippen molar-refractivity contribution in [2.45, 2.75) is 0 Å². The van der Waals surface area contributed by atoms with Crippen LogP contribution >= 0.6 is 0 Å². The van der Waals surface area contributed by atoms with Crippen LogP contribution in [-0.2, 0) is 7.05 Å². The zero-order chi connectivity index (χ0) is 7.56. The number of hydrogen-bond acceptors (Lipinski definition) is 2. The highest BCUT2D eigenvalue weighted by Gasteiger charge is 2.07. The van der Waals surface area contributed by atoms with E-state index in [0.717, 1.165) is 0 Å². The summed E-state index contributed by atoms with van der Waals surface area (Å²) in [4.78, 5) is 9.73. The predicted molar refractivity (Wildman–Crippen MR) is 34.3 cm³/mol. The molecule has 60 valence electrons. The Bertz CT molecular complexity index is 265. The maximum Gasteiger partial charge on any atom is 0.332 e. The molecule has 0 aliphatic carbocycles. The monoisotopic (exact) mass is 266 g/mol. The summed E-state index contributed by atoms with van der Waals surface area (Å²) in [5.41, 5.74) is 0.116. The highest BCUT2D eigenvalue weighted by molar-refractivity contribution is 5.20. The Morgan fingerprint density at radius 1 is 1.64 bits per heavy atom. The first-order valence-corrected chi connectivity index (χ1v) is 2.80. The quantitative estimate of drug-likeness (QED) is 0.243. The molecule has 1 aromatic rings. The molecule has 0 spiro atoms. The molecule has 5 heteroatoms. The van der Waals surface area contributed by atoms with Gasteiger partial charge >= 0.3 is 5.69 Å². The first-order valence-electron chi connectivity index (χ1n) is 2.80. The van der Waals surface area contributed by atoms with Crippen LogP contribution in [0.5, 0.6) is 0 Å². The molecule has 0 aromatic carbocycles. The van der Waals surface area contributed by atoms with Crippen LogP contribution in [0.3, 0.4) is 0 Å². The topological polar surface area (TPSA) is 47.0 Å². The van der Waals surface area contributed by atoms with Gasteiger partial charge in [0.2, 0.25) is 6.20 Å². The summed E-state index contributed by atoms with van der Waals surface area (Å²) in [5.74, 6) is 0. The normalized spacial score (nSPS) is 8.45. The van der Waals surface area contributed by atoms with Crippen molar-refractivity contribution >= 4 is 5.69 Å². The molecule has 0 aliphatic rings. The molecule has 4 nitrogen and oxygen atoms in total. The second-order valence-electron chi connectivity index (χ2n) is 1.98. The summed E-state index contributed by atoms with van der Waals surface area (Å²) in [6, 6.07) is 3.10. The van der Waals surface area contributed by atoms with E-state index in [1.165, 1.54) is 12.3 Å². The van der Waals surface area contributed by atoms with E-state index in [-0.39, 0.29) is 29.7 Å². The Hall–Kier alpha value is -0.720. The van der Waals surface area contributed by atoms with Crippen molar-refractivity contribution in [1.29, 1.82) is 0 Å². The molecule has 0 saturated heterocycles. The highest BCUT2D eigenvalue weighted by Crippen LogP contribution is 2.03. The number of aryl methyl sites for hydroxylation is 1. The molecule has 0 radical (unpaired) electrons. The molecule has 0 fully saturated rings. The third-order valence-electron chi connectivity index (χ3n) is 1.13. The van der Waals surface area contributed by atoms with E-state index in [1.54, 1.807) is 23.9 Å². The van der Waals surface area contributed by atoms with E-state index in [9.17, 15) is 10.1 Å². The van der Waals surface area contributed by atoms with E-state index in [1.807, 2.05) is 0 Å². The minimum atomic E-state index is -0.417. The first-order chi connectivity index (χ1) is 4.70. The number of hydrogen-bond donors (Lipinski definition) is 0. The van der Waals surface area contributed by atoms with Crippen LogP contribution < -0.4 is 28.5 Å². The van der Waals surface area contributed by atoms with E-state index in [0.29, 0.717) is 0 Å². The second kappa shape index (κ2) is 4.22. The van der Waals surface area contributed by atoms with Crippen molar-refractivity contribution < 1.29 is 33.5 Å². The van der Waals surface area contributed by atoms with Gasteiger partial charge in [-0.05, 0) is 0 Å². The van der Waals surface area contributed by atoms with Gasteiger partial charge in [-0.2, -0.15) is 0 Å². The van der Waals surface area contributed by atoms with Crippen molar-refractivity contribution in [3.05, 3.63) is 34.6 Å². The lowest BCUT2D eigenvalue weighted by Gasteiger charge is -1.86. The van der Waals surface area contributed by atoms with Crippen LogP contribution in [0.2, 0.25) is 0 Å². The second-order valence-corrected chi connectivity index (χ2v) is 1.98. The number of halogens is 1. The third-order valence-corrected chi connectivity index (χ3v) is 1.13. The Balaban J connectivity index is 0.000001000. The van der Waals surface area contributed by atoms with Gasteiger partial charge in [-0.3, -0.25) is 10.1 Å². The predicted octanol–water partition coefficient (Wildman–Crippen LogP) is -2.58. The molecule has 1 heterocycles. The molecule has 11 heavy (non-hydrogen) atoms. The number of pyridine rings is 1.